The van der Waals surface area contributed by atoms with E-state index in [-0.39, 0.29) is 11.2 Å². The van der Waals surface area contributed by atoms with Gasteiger partial charge in [-0.25, -0.2) is 13.5 Å². The predicted octanol–water partition coefficient (Wildman–Crippen LogP) is 3.97. The maximum atomic E-state index is 13.6. The first-order valence-electron chi connectivity index (χ1n) is 8.85. The molecule has 1 aromatic heterocycles. The highest BCUT2D eigenvalue weighted by molar-refractivity contribution is 7.99. The van der Waals surface area contributed by atoms with Gasteiger partial charge in [-0.15, -0.1) is 10.2 Å². The zero-order valence-corrected chi connectivity index (χ0v) is 17.1. The van der Waals surface area contributed by atoms with Crippen molar-refractivity contribution in [3.63, 3.8) is 0 Å². The maximum absolute atomic E-state index is 13.6. The summed E-state index contributed by atoms with van der Waals surface area (Å²) in [5, 5.41) is 10.6. The van der Waals surface area contributed by atoms with E-state index in [0.29, 0.717) is 11.0 Å². The molecule has 29 heavy (non-hydrogen) atoms. The highest BCUT2D eigenvalue weighted by Crippen LogP contribution is 2.26. The molecule has 0 saturated heterocycles. The molecule has 0 saturated carbocycles. The normalized spacial score (nSPS) is 11.5. The lowest BCUT2D eigenvalue weighted by Gasteiger charge is -2.19. The third-order valence-electron chi connectivity index (χ3n) is 4.23. The molecule has 1 amide bonds. The van der Waals surface area contributed by atoms with Crippen molar-refractivity contribution in [3.8, 4) is 11.4 Å². The average molecular weight is 417 g/mol. The number of amides is 1. The molecule has 152 valence electrons. The number of nitrogens with zero attached hydrogens (tertiary/aromatic N) is 3. The molecule has 0 spiro atoms. The van der Waals surface area contributed by atoms with Crippen molar-refractivity contribution < 1.29 is 13.6 Å². The second kappa shape index (κ2) is 8.20. The highest BCUT2D eigenvalue weighted by atomic mass is 32.2. The average Bonchev–Trinajstić information content (AvgIpc) is 3.03. The number of aromatic nitrogens is 3. The number of para-hydroxylation sites is 1. The summed E-state index contributed by atoms with van der Waals surface area (Å²) in [6, 6.07) is 11.2. The van der Waals surface area contributed by atoms with Crippen LogP contribution in [0.15, 0.2) is 47.6 Å². The number of carbonyl (C=O) groups excluding carboxylic acids is 1. The van der Waals surface area contributed by atoms with Crippen LogP contribution in [0.5, 0.6) is 0 Å². The van der Waals surface area contributed by atoms with E-state index >= 15 is 0 Å². The van der Waals surface area contributed by atoms with E-state index in [2.05, 4.69) is 36.3 Å². The fraction of sp³-hybridized carbons (Fsp3) is 0.250. The molecule has 0 atom stereocenters. The van der Waals surface area contributed by atoms with Crippen LogP contribution in [0.25, 0.3) is 11.4 Å². The number of nitrogen functional groups attached to an aromatic ring is 1. The van der Waals surface area contributed by atoms with E-state index in [0.717, 1.165) is 29.5 Å². The summed E-state index contributed by atoms with van der Waals surface area (Å²) in [7, 11) is 0. The van der Waals surface area contributed by atoms with Gasteiger partial charge in [0.2, 0.25) is 11.1 Å². The minimum absolute atomic E-state index is 0.0288. The van der Waals surface area contributed by atoms with Gasteiger partial charge in [0, 0.05) is 5.56 Å². The smallest absolute Gasteiger partial charge is 0.235 e. The van der Waals surface area contributed by atoms with Crippen LogP contribution in [0.1, 0.15) is 26.3 Å². The molecule has 0 aliphatic heterocycles. The van der Waals surface area contributed by atoms with Gasteiger partial charge in [0.15, 0.2) is 5.82 Å². The summed E-state index contributed by atoms with van der Waals surface area (Å²) in [4.78, 5) is 12.0. The van der Waals surface area contributed by atoms with Gasteiger partial charge in [0.05, 0.1) is 5.75 Å². The minimum atomic E-state index is -0.841. The van der Waals surface area contributed by atoms with Crippen molar-refractivity contribution in [1.82, 2.24) is 14.9 Å². The number of thioether (sulfide) groups is 1. The lowest BCUT2D eigenvalue weighted by atomic mass is 9.87. The molecule has 0 fully saturated rings. The predicted molar refractivity (Wildman–Crippen MR) is 110 cm³/mol. The van der Waals surface area contributed by atoms with E-state index in [1.54, 1.807) is 0 Å². The molecule has 1 heterocycles. The highest BCUT2D eigenvalue weighted by Gasteiger charge is 2.17. The van der Waals surface area contributed by atoms with E-state index in [1.165, 1.54) is 16.3 Å². The molecule has 3 N–H and O–H groups in total. The van der Waals surface area contributed by atoms with Crippen molar-refractivity contribution in [2.45, 2.75) is 31.3 Å². The van der Waals surface area contributed by atoms with Gasteiger partial charge in [-0.2, -0.15) is 0 Å². The summed E-state index contributed by atoms with van der Waals surface area (Å²) < 4.78 is 28.5. The molecular formula is C20H21F2N5OS. The number of nitrogens with two attached hydrogens (primary N) is 1. The van der Waals surface area contributed by atoms with Gasteiger partial charge < -0.3 is 11.2 Å². The fourth-order valence-electron chi connectivity index (χ4n) is 2.61. The molecular weight excluding hydrogens is 396 g/mol. The van der Waals surface area contributed by atoms with E-state index in [4.69, 9.17) is 5.84 Å². The van der Waals surface area contributed by atoms with E-state index in [1.807, 2.05) is 24.3 Å². The Morgan fingerprint density at radius 2 is 1.72 bits per heavy atom. The van der Waals surface area contributed by atoms with Crippen LogP contribution in [0.4, 0.5) is 14.5 Å². The first-order chi connectivity index (χ1) is 13.7. The second-order valence-electron chi connectivity index (χ2n) is 7.44. The third-order valence-corrected chi connectivity index (χ3v) is 5.18. The molecule has 0 radical (unpaired) electrons. The SMILES string of the molecule is CC(C)(C)c1ccc(-c2nnc(SCC(=O)Nc3c(F)cccc3F)n2N)cc1. The molecule has 3 rings (SSSR count). The van der Waals surface area contributed by atoms with Crippen molar-refractivity contribution in [2.75, 3.05) is 16.9 Å². The number of benzene rings is 2. The Morgan fingerprint density at radius 3 is 2.31 bits per heavy atom. The summed E-state index contributed by atoms with van der Waals surface area (Å²) >= 11 is 1.02. The van der Waals surface area contributed by atoms with Crippen LogP contribution < -0.4 is 11.2 Å². The molecule has 9 heteroatoms. The zero-order valence-electron chi connectivity index (χ0n) is 16.2. The lowest BCUT2D eigenvalue weighted by Crippen LogP contribution is -2.18. The third kappa shape index (κ3) is 4.73. The molecule has 0 bridgehead atoms. The number of hydrogen-bond acceptors (Lipinski definition) is 5. The van der Waals surface area contributed by atoms with Crippen molar-refractivity contribution in [2.24, 2.45) is 0 Å². The van der Waals surface area contributed by atoms with Gasteiger partial charge >= 0.3 is 0 Å². The quantitative estimate of drug-likeness (QED) is 0.485. The second-order valence-corrected chi connectivity index (χ2v) is 8.38. The van der Waals surface area contributed by atoms with Gasteiger partial charge in [-0.1, -0.05) is 62.9 Å². The fourth-order valence-corrected chi connectivity index (χ4v) is 3.27. The standard InChI is InChI=1S/C20H21F2N5OS/c1-20(2,3)13-9-7-12(8-10-13)18-25-26-19(27(18)23)29-11-16(28)24-17-14(21)5-4-6-15(17)22/h4-10H,11,23H2,1-3H3,(H,24,28). The van der Waals surface area contributed by atoms with Crippen molar-refractivity contribution in [1.29, 1.82) is 0 Å². The van der Waals surface area contributed by atoms with Crippen LogP contribution in [-0.2, 0) is 10.2 Å². The van der Waals surface area contributed by atoms with Crippen LogP contribution in [0.3, 0.4) is 0 Å². The molecule has 0 unspecified atom stereocenters. The zero-order chi connectivity index (χ0) is 21.2. The topological polar surface area (TPSA) is 85.8 Å². The number of hydrogen-bond donors (Lipinski definition) is 2. The number of halogens is 2. The van der Waals surface area contributed by atoms with Crippen molar-refractivity contribution in [3.05, 3.63) is 59.7 Å². The molecule has 3 aromatic rings. The lowest BCUT2D eigenvalue weighted by molar-refractivity contribution is -0.113. The van der Waals surface area contributed by atoms with Crippen LogP contribution in [0.2, 0.25) is 0 Å². The first-order valence-corrected chi connectivity index (χ1v) is 9.83. The summed E-state index contributed by atoms with van der Waals surface area (Å²) in [6.45, 7) is 6.38. The van der Waals surface area contributed by atoms with Gasteiger partial charge in [0.25, 0.3) is 0 Å². The number of carbonyl (C=O) groups is 1. The maximum Gasteiger partial charge on any atom is 0.235 e. The van der Waals surface area contributed by atoms with Crippen LogP contribution in [-0.4, -0.2) is 26.5 Å². The van der Waals surface area contributed by atoms with Gasteiger partial charge in [-0.05, 0) is 23.1 Å². The Labute approximate surface area is 171 Å². The molecule has 0 aliphatic carbocycles. The van der Waals surface area contributed by atoms with Gasteiger partial charge in [-0.3, -0.25) is 4.79 Å². The number of nitrogens with one attached hydrogen (secondary N) is 1. The van der Waals surface area contributed by atoms with Crippen LogP contribution >= 0.6 is 11.8 Å². The van der Waals surface area contributed by atoms with Gasteiger partial charge in [0.1, 0.15) is 17.3 Å². The Morgan fingerprint density at radius 1 is 1.10 bits per heavy atom. The monoisotopic (exact) mass is 417 g/mol. The Bertz CT molecular complexity index is 1010. The molecule has 0 aliphatic rings. The largest absolute Gasteiger partial charge is 0.335 e. The first kappa shape index (κ1) is 20.8. The minimum Gasteiger partial charge on any atom is -0.335 e. The Balaban J connectivity index is 1.68. The van der Waals surface area contributed by atoms with E-state index in [9.17, 15) is 13.6 Å². The van der Waals surface area contributed by atoms with Crippen LogP contribution in [0, 0.1) is 11.6 Å². The molecule has 2 aromatic carbocycles. The summed E-state index contributed by atoms with van der Waals surface area (Å²) in [5.74, 6) is 4.12. The summed E-state index contributed by atoms with van der Waals surface area (Å²) in [5.41, 5.74) is 1.52. The molecule has 6 nitrogen and oxygen atoms in total. The number of anilines is 1. The van der Waals surface area contributed by atoms with Crippen molar-refractivity contribution >= 4 is 23.4 Å². The Kier molecular flexibility index (Phi) is 5.88. The number of rotatable bonds is 5. The summed E-state index contributed by atoms with van der Waals surface area (Å²) in [6.07, 6.45) is 0. The Hall–Kier alpha value is -2.94. The van der Waals surface area contributed by atoms with E-state index < -0.39 is 23.2 Å².